The van der Waals surface area contributed by atoms with Gasteiger partial charge in [-0.2, -0.15) is 0 Å². The van der Waals surface area contributed by atoms with Crippen molar-refractivity contribution in [2.24, 2.45) is 5.92 Å². The molecule has 1 atom stereocenters. The molecule has 20 heavy (non-hydrogen) atoms. The molecule has 2 N–H and O–H groups in total. The van der Waals surface area contributed by atoms with E-state index in [0.717, 1.165) is 31.3 Å². The molecule has 0 bridgehead atoms. The summed E-state index contributed by atoms with van der Waals surface area (Å²) < 4.78 is 5.84. The van der Waals surface area contributed by atoms with E-state index >= 15 is 0 Å². The van der Waals surface area contributed by atoms with E-state index in [-0.39, 0.29) is 6.10 Å². The van der Waals surface area contributed by atoms with Crippen LogP contribution in [-0.2, 0) is 4.74 Å². The number of ether oxygens (including phenoxy) is 1. The quantitative estimate of drug-likeness (QED) is 0.915. The molecule has 0 amide bonds. The highest BCUT2D eigenvalue weighted by molar-refractivity contribution is 5.35. The van der Waals surface area contributed by atoms with Gasteiger partial charge >= 0.3 is 0 Å². The number of anilines is 1. The fraction of sp³-hybridized carbons (Fsp3) is 0.733. The lowest BCUT2D eigenvalue weighted by molar-refractivity contribution is -0.0377. The summed E-state index contributed by atoms with van der Waals surface area (Å²) in [6, 6.07) is 0. The highest BCUT2D eigenvalue weighted by atomic mass is 16.5. The van der Waals surface area contributed by atoms with Gasteiger partial charge in [0.25, 0.3) is 0 Å². The normalized spacial score (nSPS) is 25.7. The molecule has 110 valence electrons. The average Bonchev–Trinajstić information content (AvgIpc) is 2.49. The first-order valence-electron chi connectivity index (χ1n) is 7.73. The van der Waals surface area contributed by atoms with Crippen molar-refractivity contribution >= 4 is 5.82 Å². The van der Waals surface area contributed by atoms with E-state index in [2.05, 4.69) is 14.9 Å². The zero-order chi connectivity index (χ0) is 13.8. The fourth-order valence-electron chi connectivity index (χ4n) is 3.38. The molecule has 2 heterocycles. The first-order chi connectivity index (χ1) is 9.83. The standard InChI is InChI=1S/C15H24N4O/c16-15-14(17-6-7-18-15)13-11-19(8-9-20-13)10-12-4-2-1-3-5-12/h6-7,12-13H,1-5,8-11H2,(H2,16,18)/t13-/m0/s1. The summed E-state index contributed by atoms with van der Waals surface area (Å²) in [6.07, 6.45) is 10.3. The van der Waals surface area contributed by atoms with Crippen molar-refractivity contribution in [1.82, 2.24) is 14.9 Å². The van der Waals surface area contributed by atoms with E-state index in [1.165, 1.54) is 38.6 Å². The third-order valence-electron chi connectivity index (χ3n) is 4.45. The molecule has 0 aromatic carbocycles. The van der Waals surface area contributed by atoms with E-state index in [1.54, 1.807) is 12.4 Å². The van der Waals surface area contributed by atoms with Crippen LogP contribution in [0.5, 0.6) is 0 Å². The molecule has 2 aliphatic rings. The third-order valence-corrected chi connectivity index (χ3v) is 4.45. The van der Waals surface area contributed by atoms with Gasteiger partial charge in [0, 0.05) is 32.0 Å². The highest BCUT2D eigenvalue weighted by Crippen LogP contribution is 2.28. The van der Waals surface area contributed by atoms with E-state index < -0.39 is 0 Å². The van der Waals surface area contributed by atoms with Gasteiger partial charge in [0.05, 0.1) is 6.61 Å². The maximum Gasteiger partial charge on any atom is 0.147 e. The molecule has 1 aromatic rings. The van der Waals surface area contributed by atoms with Crippen LogP contribution in [0.3, 0.4) is 0 Å². The van der Waals surface area contributed by atoms with Gasteiger partial charge in [0.1, 0.15) is 17.6 Å². The van der Waals surface area contributed by atoms with Crippen LogP contribution in [0, 0.1) is 5.92 Å². The Morgan fingerprint density at radius 3 is 2.80 bits per heavy atom. The first-order valence-corrected chi connectivity index (χ1v) is 7.73. The minimum atomic E-state index is -0.0268. The second kappa shape index (κ2) is 6.50. The van der Waals surface area contributed by atoms with E-state index in [9.17, 15) is 0 Å². The summed E-state index contributed by atoms with van der Waals surface area (Å²) in [5.41, 5.74) is 6.70. The Kier molecular flexibility index (Phi) is 4.47. The van der Waals surface area contributed by atoms with Crippen LogP contribution in [-0.4, -0.2) is 41.1 Å². The Hall–Kier alpha value is -1.20. The van der Waals surface area contributed by atoms with Crippen molar-refractivity contribution in [2.45, 2.75) is 38.2 Å². The number of nitrogens with two attached hydrogens (primary N) is 1. The highest BCUT2D eigenvalue weighted by Gasteiger charge is 2.27. The zero-order valence-corrected chi connectivity index (χ0v) is 12.0. The van der Waals surface area contributed by atoms with E-state index in [0.29, 0.717) is 5.82 Å². The minimum absolute atomic E-state index is 0.0268. The van der Waals surface area contributed by atoms with Crippen molar-refractivity contribution in [3.05, 3.63) is 18.1 Å². The Balaban J connectivity index is 1.60. The number of aromatic nitrogens is 2. The summed E-state index contributed by atoms with van der Waals surface area (Å²) in [7, 11) is 0. The van der Waals surface area contributed by atoms with Crippen LogP contribution in [0.4, 0.5) is 5.82 Å². The molecule has 3 rings (SSSR count). The molecule has 5 nitrogen and oxygen atoms in total. The van der Waals surface area contributed by atoms with Crippen LogP contribution >= 0.6 is 0 Å². The Morgan fingerprint density at radius 2 is 2.00 bits per heavy atom. The number of nitrogens with zero attached hydrogens (tertiary/aromatic N) is 3. The van der Waals surface area contributed by atoms with Gasteiger partial charge in [-0.25, -0.2) is 4.98 Å². The SMILES string of the molecule is Nc1nccnc1[C@@H]1CN(CC2CCCCC2)CCO1. The van der Waals surface area contributed by atoms with Gasteiger partial charge in [0.15, 0.2) is 0 Å². The van der Waals surface area contributed by atoms with Crippen molar-refractivity contribution in [1.29, 1.82) is 0 Å². The Bertz CT molecular complexity index is 434. The molecule has 2 fully saturated rings. The smallest absolute Gasteiger partial charge is 0.147 e. The number of hydrogen-bond donors (Lipinski definition) is 1. The van der Waals surface area contributed by atoms with Gasteiger partial charge in [-0.15, -0.1) is 0 Å². The van der Waals surface area contributed by atoms with E-state index in [4.69, 9.17) is 10.5 Å². The Labute approximate surface area is 120 Å². The van der Waals surface area contributed by atoms with Crippen molar-refractivity contribution in [2.75, 3.05) is 32.0 Å². The minimum Gasteiger partial charge on any atom is -0.382 e. The first kappa shape index (κ1) is 13.8. The van der Waals surface area contributed by atoms with Gasteiger partial charge < -0.3 is 10.5 Å². The van der Waals surface area contributed by atoms with E-state index in [1.807, 2.05) is 0 Å². The van der Waals surface area contributed by atoms with Gasteiger partial charge in [-0.1, -0.05) is 19.3 Å². The zero-order valence-electron chi connectivity index (χ0n) is 12.0. The molecule has 1 aromatic heterocycles. The monoisotopic (exact) mass is 276 g/mol. The van der Waals surface area contributed by atoms with Crippen LogP contribution in [0.1, 0.15) is 43.9 Å². The maximum atomic E-state index is 5.91. The largest absolute Gasteiger partial charge is 0.382 e. The molecule has 0 unspecified atom stereocenters. The number of nitrogen functional groups attached to an aromatic ring is 1. The average molecular weight is 276 g/mol. The number of hydrogen-bond acceptors (Lipinski definition) is 5. The number of morpholine rings is 1. The molecule has 1 saturated carbocycles. The predicted octanol–water partition coefficient (Wildman–Crippen LogP) is 2.01. The summed E-state index contributed by atoms with van der Waals surface area (Å²) in [4.78, 5) is 11.0. The lowest BCUT2D eigenvalue weighted by atomic mass is 9.89. The van der Waals surface area contributed by atoms with Crippen molar-refractivity contribution in [3.8, 4) is 0 Å². The maximum absolute atomic E-state index is 5.91. The molecule has 0 radical (unpaired) electrons. The molecule has 1 aliphatic heterocycles. The molecule has 0 spiro atoms. The summed E-state index contributed by atoms with van der Waals surface area (Å²) >= 11 is 0. The fourth-order valence-corrected chi connectivity index (χ4v) is 3.38. The molecule has 1 aliphatic carbocycles. The lowest BCUT2D eigenvalue weighted by Crippen LogP contribution is -2.41. The Morgan fingerprint density at radius 1 is 1.20 bits per heavy atom. The van der Waals surface area contributed by atoms with Gasteiger partial charge in [-0.05, 0) is 18.8 Å². The van der Waals surface area contributed by atoms with Crippen molar-refractivity contribution in [3.63, 3.8) is 0 Å². The summed E-state index contributed by atoms with van der Waals surface area (Å²) in [5, 5.41) is 0. The summed E-state index contributed by atoms with van der Waals surface area (Å²) in [6.45, 7) is 3.86. The topological polar surface area (TPSA) is 64.3 Å². The second-order valence-corrected chi connectivity index (χ2v) is 5.95. The van der Waals surface area contributed by atoms with Crippen LogP contribution in [0.15, 0.2) is 12.4 Å². The third kappa shape index (κ3) is 3.27. The van der Waals surface area contributed by atoms with Crippen molar-refractivity contribution < 1.29 is 4.74 Å². The number of rotatable bonds is 3. The molecular formula is C15H24N4O. The molecular weight excluding hydrogens is 252 g/mol. The predicted molar refractivity (Wildman–Crippen MR) is 78.2 cm³/mol. The molecule has 5 heteroatoms. The van der Waals surface area contributed by atoms with Crippen LogP contribution in [0.2, 0.25) is 0 Å². The van der Waals surface area contributed by atoms with Crippen LogP contribution in [0.25, 0.3) is 0 Å². The van der Waals surface area contributed by atoms with Crippen LogP contribution < -0.4 is 5.73 Å². The van der Waals surface area contributed by atoms with Gasteiger partial charge in [0.2, 0.25) is 0 Å². The molecule has 1 saturated heterocycles. The van der Waals surface area contributed by atoms with Gasteiger partial charge in [-0.3, -0.25) is 9.88 Å². The second-order valence-electron chi connectivity index (χ2n) is 5.95. The summed E-state index contributed by atoms with van der Waals surface area (Å²) in [5.74, 6) is 1.36. The lowest BCUT2D eigenvalue weighted by Gasteiger charge is -2.35.